The van der Waals surface area contributed by atoms with Crippen molar-refractivity contribution in [3.63, 3.8) is 0 Å². The molecule has 0 aromatic heterocycles. The summed E-state index contributed by atoms with van der Waals surface area (Å²) >= 11 is 0. The van der Waals surface area contributed by atoms with Gasteiger partial charge in [0.15, 0.2) is 0 Å². The van der Waals surface area contributed by atoms with Crippen LogP contribution in [0, 0.1) is 5.92 Å². The number of ether oxygens (including phenoxy) is 2. The highest BCUT2D eigenvalue weighted by molar-refractivity contribution is 7.85. The number of nitrogens with one attached hydrogen (secondary N) is 1. The Balaban J connectivity index is 2.49. The zero-order valence-electron chi connectivity index (χ0n) is 13.9. The van der Waals surface area contributed by atoms with Crippen molar-refractivity contribution in [1.82, 2.24) is 5.32 Å². The lowest BCUT2D eigenvalue weighted by Gasteiger charge is -2.35. The van der Waals surface area contributed by atoms with Crippen LogP contribution in [-0.2, 0) is 23.8 Å². The predicted molar refractivity (Wildman–Crippen MR) is 82.1 cm³/mol. The molecule has 1 rings (SSSR count). The molecule has 0 unspecified atom stereocenters. The minimum absolute atomic E-state index is 0.00332. The molecule has 0 aromatic rings. The van der Waals surface area contributed by atoms with E-state index >= 15 is 0 Å². The second kappa shape index (κ2) is 7.61. The first-order chi connectivity index (χ1) is 10.00. The van der Waals surface area contributed by atoms with Crippen LogP contribution in [0.3, 0.4) is 0 Å². The minimum atomic E-state index is -3.45. The summed E-state index contributed by atoms with van der Waals surface area (Å²) in [6.45, 7) is 5.54. The summed E-state index contributed by atoms with van der Waals surface area (Å²) in [5, 5.41) is 2.83. The van der Waals surface area contributed by atoms with E-state index in [4.69, 9.17) is 13.7 Å². The van der Waals surface area contributed by atoms with Crippen molar-refractivity contribution in [3.05, 3.63) is 0 Å². The molecule has 0 saturated heterocycles. The summed E-state index contributed by atoms with van der Waals surface area (Å²) in [4.78, 5) is 11.8. The van der Waals surface area contributed by atoms with E-state index in [1.807, 2.05) is 20.8 Å². The van der Waals surface area contributed by atoms with E-state index in [9.17, 15) is 13.2 Å². The standard InChI is InChI=1S/C14H27NO6S/c1-14(2,3)21-13(16)15-11-7-6-10(12(8-11)19-4)9-20-22(5,17)18/h10-12H,6-9H2,1-5H3,(H,15,16)/t10-,11+,12+/m1/s1. The van der Waals surface area contributed by atoms with Gasteiger partial charge in [-0.2, -0.15) is 8.42 Å². The molecule has 7 nitrogen and oxygen atoms in total. The molecule has 0 radical (unpaired) electrons. The van der Waals surface area contributed by atoms with Crippen LogP contribution in [0.2, 0.25) is 0 Å². The third kappa shape index (κ3) is 7.42. The topological polar surface area (TPSA) is 90.9 Å². The molecule has 1 aliphatic carbocycles. The van der Waals surface area contributed by atoms with Gasteiger partial charge < -0.3 is 14.8 Å². The van der Waals surface area contributed by atoms with E-state index in [1.165, 1.54) is 0 Å². The molecule has 0 spiro atoms. The van der Waals surface area contributed by atoms with Crippen LogP contribution in [0.15, 0.2) is 0 Å². The van der Waals surface area contributed by atoms with Crippen molar-refractivity contribution < 1.29 is 26.9 Å². The molecule has 1 fully saturated rings. The second-order valence-electron chi connectivity index (χ2n) is 6.68. The number of carbonyl (C=O) groups is 1. The van der Waals surface area contributed by atoms with Crippen LogP contribution < -0.4 is 5.32 Å². The lowest BCUT2D eigenvalue weighted by molar-refractivity contribution is -0.00653. The molecule has 3 atom stereocenters. The van der Waals surface area contributed by atoms with E-state index < -0.39 is 21.8 Å². The Labute approximate surface area is 132 Å². The maximum Gasteiger partial charge on any atom is 0.407 e. The van der Waals surface area contributed by atoms with Crippen molar-refractivity contribution in [3.8, 4) is 0 Å². The van der Waals surface area contributed by atoms with Gasteiger partial charge in [-0.05, 0) is 40.0 Å². The third-order valence-electron chi connectivity index (χ3n) is 3.45. The SMILES string of the molecule is CO[C@H]1C[C@@H](NC(=O)OC(C)(C)C)CC[C@@H]1COS(C)(=O)=O. The Bertz CT molecular complexity index is 470. The van der Waals surface area contributed by atoms with Gasteiger partial charge in [0, 0.05) is 19.1 Å². The number of alkyl carbamates (subject to hydrolysis) is 1. The van der Waals surface area contributed by atoms with Gasteiger partial charge in [0.25, 0.3) is 10.1 Å². The summed E-state index contributed by atoms with van der Waals surface area (Å²) in [5.74, 6) is -0.00332. The van der Waals surface area contributed by atoms with Crippen LogP contribution >= 0.6 is 0 Å². The number of hydrogen-bond acceptors (Lipinski definition) is 6. The number of methoxy groups -OCH3 is 1. The molecule has 1 amide bonds. The molecule has 22 heavy (non-hydrogen) atoms. The first-order valence-corrected chi connectivity index (χ1v) is 9.18. The highest BCUT2D eigenvalue weighted by Crippen LogP contribution is 2.28. The Morgan fingerprint density at radius 2 is 1.91 bits per heavy atom. The summed E-state index contributed by atoms with van der Waals surface area (Å²) < 4.78 is 37.7. The van der Waals surface area contributed by atoms with Crippen LogP contribution in [0.4, 0.5) is 4.79 Å². The lowest BCUT2D eigenvalue weighted by atomic mass is 9.84. The Kier molecular flexibility index (Phi) is 6.64. The Morgan fingerprint density at radius 3 is 2.41 bits per heavy atom. The molecule has 130 valence electrons. The van der Waals surface area contributed by atoms with E-state index in [-0.39, 0.29) is 24.7 Å². The van der Waals surface area contributed by atoms with E-state index in [1.54, 1.807) is 7.11 Å². The lowest BCUT2D eigenvalue weighted by Crippen LogP contribution is -2.46. The average molecular weight is 337 g/mol. The van der Waals surface area contributed by atoms with Crippen molar-refractivity contribution >= 4 is 16.2 Å². The predicted octanol–water partition coefficient (Wildman–Crippen LogP) is 1.67. The highest BCUT2D eigenvalue weighted by atomic mass is 32.2. The smallest absolute Gasteiger partial charge is 0.407 e. The normalized spacial score (nSPS) is 26.5. The average Bonchev–Trinajstić information content (AvgIpc) is 2.33. The zero-order valence-corrected chi connectivity index (χ0v) is 14.7. The molecule has 0 aliphatic heterocycles. The maximum atomic E-state index is 11.8. The number of hydrogen-bond donors (Lipinski definition) is 1. The molecule has 1 aliphatic rings. The fourth-order valence-corrected chi connectivity index (χ4v) is 2.91. The van der Waals surface area contributed by atoms with Crippen molar-refractivity contribution in [2.45, 2.75) is 57.8 Å². The maximum absolute atomic E-state index is 11.8. The quantitative estimate of drug-likeness (QED) is 0.767. The van der Waals surface area contributed by atoms with Gasteiger partial charge in [0.2, 0.25) is 0 Å². The number of amides is 1. The van der Waals surface area contributed by atoms with Gasteiger partial charge in [0.1, 0.15) is 5.60 Å². The molecule has 0 bridgehead atoms. The van der Waals surface area contributed by atoms with Crippen molar-refractivity contribution in [1.29, 1.82) is 0 Å². The molecule has 0 aromatic carbocycles. The van der Waals surface area contributed by atoms with Gasteiger partial charge in [-0.25, -0.2) is 4.79 Å². The van der Waals surface area contributed by atoms with Crippen LogP contribution in [0.25, 0.3) is 0 Å². The van der Waals surface area contributed by atoms with E-state index in [2.05, 4.69) is 5.32 Å². The summed E-state index contributed by atoms with van der Waals surface area (Å²) in [6, 6.07) is -0.0470. The van der Waals surface area contributed by atoms with Gasteiger partial charge in [-0.1, -0.05) is 0 Å². The van der Waals surface area contributed by atoms with Gasteiger partial charge >= 0.3 is 6.09 Å². The first-order valence-electron chi connectivity index (χ1n) is 7.37. The van der Waals surface area contributed by atoms with Crippen LogP contribution in [0.1, 0.15) is 40.0 Å². The summed E-state index contributed by atoms with van der Waals surface area (Å²) in [7, 11) is -1.88. The largest absolute Gasteiger partial charge is 0.444 e. The van der Waals surface area contributed by atoms with Crippen LogP contribution in [-0.4, -0.2) is 52.2 Å². The zero-order chi connectivity index (χ0) is 17.0. The minimum Gasteiger partial charge on any atom is -0.444 e. The fraction of sp³-hybridized carbons (Fsp3) is 0.929. The molecule has 1 N–H and O–H groups in total. The van der Waals surface area contributed by atoms with E-state index in [0.717, 1.165) is 12.7 Å². The Hall–Kier alpha value is -0.860. The first kappa shape index (κ1) is 19.2. The number of carbonyl (C=O) groups excluding carboxylic acids is 1. The molecule has 8 heteroatoms. The molecule has 1 saturated carbocycles. The van der Waals surface area contributed by atoms with Crippen molar-refractivity contribution in [2.75, 3.05) is 20.0 Å². The molecular weight excluding hydrogens is 310 g/mol. The van der Waals surface area contributed by atoms with Crippen molar-refractivity contribution in [2.24, 2.45) is 5.92 Å². The van der Waals surface area contributed by atoms with Gasteiger partial charge in [-0.15, -0.1) is 0 Å². The van der Waals surface area contributed by atoms with Gasteiger partial charge in [-0.3, -0.25) is 4.18 Å². The van der Waals surface area contributed by atoms with Gasteiger partial charge in [0.05, 0.1) is 19.0 Å². The van der Waals surface area contributed by atoms with Crippen LogP contribution in [0.5, 0.6) is 0 Å². The highest BCUT2D eigenvalue weighted by Gasteiger charge is 2.33. The Morgan fingerprint density at radius 1 is 1.27 bits per heavy atom. The molecule has 0 heterocycles. The second-order valence-corrected chi connectivity index (χ2v) is 8.32. The van der Waals surface area contributed by atoms with E-state index in [0.29, 0.717) is 12.8 Å². The number of rotatable bonds is 5. The fourth-order valence-electron chi connectivity index (χ4n) is 2.49. The third-order valence-corrected chi connectivity index (χ3v) is 4.01. The molecular formula is C14H27NO6S. The summed E-state index contributed by atoms with van der Waals surface area (Å²) in [5.41, 5.74) is -0.536. The monoisotopic (exact) mass is 337 g/mol. The summed E-state index contributed by atoms with van der Waals surface area (Å²) in [6.07, 6.45) is 2.48.